The molecule has 2 heterocycles. The first-order chi connectivity index (χ1) is 13.4. The number of aromatic nitrogens is 2. The number of Topliss-reactive ketones (excluding diaryl/α,β-unsaturated/α-hetero) is 1. The van der Waals surface area contributed by atoms with Crippen LogP contribution in [0, 0.1) is 12.8 Å². The first kappa shape index (κ1) is 18.9. The lowest BCUT2D eigenvalue weighted by Gasteiger charge is -2.32. The highest BCUT2D eigenvalue weighted by atomic mass is 35.5. The summed E-state index contributed by atoms with van der Waals surface area (Å²) in [7, 11) is 0. The highest BCUT2D eigenvalue weighted by Crippen LogP contribution is 2.35. The molecule has 146 valence electrons. The van der Waals surface area contributed by atoms with Crippen LogP contribution in [-0.4, -0.2) is 34.7 Å². The lowest BCUT2D eigenvalue weighted by molar-refractivity contribution is -0.122. The van der Waals surface area contributed by atoms with E-state index in [9.17, 15) is 9.59 Å². The first-order valence-electron chi connectivity index (χ1n) is 9.63. The summed E-state index contributed by atoms with van der Waals surface area (Å²) in [6, 6.07) is 7.69. The maximum atomic E-state index is 12.8. The Bertz CT molecular complexity index is 938. The molecule has 0 saturated carbocycles. The highest BCUT2D eigenvalue weighted by Gasteiger charge is 2.31. The Morgan fingerprint density at radius 2 is 1.96 bits per heavy atom. The number of hydrogen-bond donors (Lipinski definition) is 1. The molecule has 1 unspecified atom stereocenters. The molecule has 28 heavy (non-hydrogen) atoms. The number of carbonyl (C=O) groups is 2. The Morgan fingerprint density at radius 1 is 1.21 bits per heavy atom. The molecule has 1 saturated heterocycles. The molecule has 1 amide bonds. The summed E-state index contributed by atoms with van der Waals surface area (Å²) < 4.78 is 0. The van der Waals surface area contributed by atoms with Crippen molar-refractivity contribution in [2.75, 3.05) is 18.0 Å². The molecular formula is C21H23ClN4O2. The van der Waals surface area contributed by atoms with Gasteiger partial charge in [0.05, 0.1) is 17.0 Å². The minimum atomic E-state index is -0.239. The minimum Gasteiger partial charge on any atom is -0.369 e. The summed E-state index contributed by atoms with van der Waals surface area (Å²) in [5, 5.41) is 0.674. The van der Waals surface area contributed by atoms with Crippen molar-refractivity contribution in [1.82, 2.24) is 9.97 Å². The zero-order chi connectivity index (χ0) is 19.8. The number of fused-ring (bicyclic) bond motifs is 1. The van der Waals surface area contributed by atoms with Crippen LogP contribution in [0.25, 0.3) is 0 Å². The molecule has 1 aliphatic carbocycles. The molecule has 0 radical (unpaired) electrons. The van der Waals surface area contributed by atoms with Crippen molar-refractivity contribution >= 4 is 29.2 Å². The van der Waals surface area contributed by atoms with Crippen molar-refractivity contribution in [3.63, 3.8) is 0 Å². The van der Waals surface area contributed by atoms with Crippen LogP contribution in [-0.2, 0) is 11.2 Å². The minimum absolute atomic E-state index is 0.0708. The summed E-state index contributed by atoms with van der Waals surface area (Å²) in [5.41, 5.74) is 8.68. The smallest absolute Gasteiger partial charge is 0.225 e. The summed E-state index contributed by atoms with van der Waals surface area (Å²) in [4.78, 5) is 35.6. The van der Waals surface area contributed by atoms with Crippen molar-refractivity contribution in [2.24, 2.45) is 11.7 Å². The van der Waals surface area contributed by atoms with E-state index in [1.165, 1.54) is 0 Å². The fraction of sp³-hybridized carbons (Fsp3) is 0.429. The number of rotatable bonds is 3. The molecule has 1 fully saturated rings. The Kier molecular flexibility index (Phi) is 5.06. The van der Waals surface area contributed by atoms with Crippen LogP contribution in [0.15, 0.2) is 24.3 Å². The summed E-state index contributed by atoms with van der Waals surface area (Å²) in [5.74, 6) is 0.476. The Hall–Kier alpha value is -2.47. The summed E-state index contributed by atoms with van der Waals surface area (Å²) >= 11 is 6.14. The summed E-state index contributed by atoms with van der Waals surface area (Å²) in [6.45, 7) is 3.26. The molecule has 1 aliphatic heterocycles. The SMILES string of the molecule is Cc1nc(N2CCC(C(N)=O)CC2)nc2c1C(=O)CC(c1cccc(Cl)c1)C2. The van der Waals surface area contributed by atoms with Gasteiger partial charge in [0, 0.05) is 30.5 Å². The zero-order valence-corrected chi connectivity index (χ0v) is 16.6. The van der Waals surface area contributed by atoms with E-state index in [0.29, 0.717) is 55.3 Å². The van der Waals surface area contributed by atoms with Gasteiger partial charge in [0.15, 0.2) is 5.78 Å². The molecule has 1 aromatic heterocycles. The van der Waals surface area contributed by atoms with Crippen molar-refractivity contribution in [2.45, 2.75) is 38.5 Å². The number of halogens is 1. The van der Waals surface area contributed by atoms with Gasteiger partial charge < -0.3 is 10.6 Å². The molecule has 4 rings (SSSR count). The molecule has 0 spiro atoms. The van der Waals surface area contributed by atoms with E-state index in [1.54, 1.807) is 0 Å². The number of nitrogens with zero attached hydrogens (tertiary/aromatic N) is 3. The lowest BCUT2D eigenvalue weighted by Crippen LogP contribution is -2.39. The van der Waals surface area contributed by atoms with E-state index in [4.69, 9.17) is 22.3 Å². The van der Waals surface area contributed by atoms with Gasteiger partial charge in [0.25, 0.3) is 0 Å². The fourth-order valence-corrected chi connectivity index (χ4v) is 4.46. The third-order valence-corrected chi connectivity index (χ3v) is 6.04. The number of benzene rings is 1. The van der Waals surface area contributed by atoms with Gasteiger partial charge in [-0.25, -0.2) is 9.97 Å². The zero-order valence-electron chi connectivity index (χ0n) is 15.8. The van der Waals surface area contributed by atoms with Gasteiger partial charge in [0.1, 0.15) is 0 Å². The van der Waals surface area contributed by atoms with Gasteiger partial charge in [-0.05, 0) is 49.8 Å². The quantitative estimate of drug-likeness (QED) is 0.858. The third-order valence-electron chi connectivity index (χ3n) is 5.80. The van der Waals surface area contributed by atoms with Crippen LogP contribution in [0.1, 0.15) is 52.5 Å². The van der Waals surface area contributed by atoms with E-state index in [-0.39, 0.29) is 23.5 Å². The molecule has 6 nitrogen and oxygen atoms in total. The van der Waals surface area contributed by atoms with Crippen molar-refractivity contribution in [3.8, 4) is 0 Å². The molecule has 2 N–H and O–H groups in total. The average Bonchev–Trinajstić information content (AvgIpc) is 2.67. The van der Waals surface area contributed by atoms with Crippen LogP contribution >= 0.6 is 11.6 Å². The molecular weight excluding hydrogens is 376 g/mol. The molecule has 1 atom stereocenters. The maximum Gasteiger partial charge on any atom is 0.225 e. The van der Waals surface area contributed by atoms with Crippen LogP contribution < -0.4 is 10.6 Å². The van der Waals surface area contributed by atoms with E-state index < -0.39 is 0 Å². The van der Waals surface area contributed by atoms with Crippen molar-refractivity contribution in [3.05, 3.63) is 51.8 Å². The van der Waals surface area contributed by atoms with Crippen molar-refractivity contribution in [1.29, 1.82) is 0 Å². The molecule has 2 aliphatic rings. The van der Waals surface area contributed by atoms with Crippen molar-refractivity contribution < 1.29 is 9.59 Å². The predicted molar refractivity (Wildman–Crippen MR) is 108 cm³/mol. The highest BCUT2D eigenvalue weighted by molar-refractivity contribution is 6.30. The number of ketones is 1. The van der Waals surface area contributed by atoms with Crippen LogP contribution in [0.3, 0.4) is 0 Å². The van der Waals surface area contributed by atoms with Crippen LogP contribution in [0.4, 0.5) is 5.95 Å². The number of aryl methyl sites for hydroxylation is 1. The number of piperidine rings is 1. The second-order valence-corrected chi connectivity index (χ2v) is 8.11. The van der Waals surface area contributed by atoms with E-state index >= 15 is 0 Å². The van der Waals surface area contributed by atoms with Gasteiger partial charge >= 0.3 is 0 Å². The average molecular weight is 399 g/mol. The van der Waals surface area contributed by atoms with E-state index in [1.807, 2.05) is 31.2 Å². The largest absolute Gasteiger partial charge is 0.369 e. The number of hydrogen-bond acceptors (Lipinski definition) is 5. The standard InChI is InChI=1S/C21H23ClN4O2/c1-12-19-17(10-15(11-18(19)27)14-3-2-4-16(22)9-14)25-21(24-12)26-7-5-13(6-8-26)20(23)28/h2-4,9,13,15H,5-8,10-11H2,1H3,(H2,23,28). The Morgan fingerprint density at radius 3 is 2.64 bits per heavy atom. The Balaban J connectivity index is 1.61. The number of anilines is 1. The fourth-order valence-electron chi connectivity index (χ4n) is 4.26. The van der Waals surface area contributed by atoms with Gasteiger partial charge in [-0.3, -0.25) is 9.59 Å². The third kappa shape index (κ3) is 3.61. The van der Waals surface area contributed by atoms with Crippen LogP contribution in [0.5, 0.6) is 0 Å². The van der Waals surface area contributed by atoms with Gasteiger partial charge in [-0.1, -0.05) is 23.7 Å². The number of amides is 1. The van der Waals surface area contributed by atoms with Crippen LogP contribution in [0.2, 0.25) is 5.02 Å². The Labute approximate surface area is 169 Å². The van der Waals surface area contributed by atoms with E-state index in [2.05, 4.69) is 9.88 Å². The number of primary amides is 1. The molecule has 2 aromatic rings. The maximum absolute atomic E-state index is 12.8. The summed E-state index contributed by atoms with van der Waals surface area (Å²) in [6.07, 6.45) is 2.55. The lowest BCUT2D eigenvalue weighted by atomic mass is 9.81. The predicted octanol–water partition coefficient (Wildman–Crippen LogP) is 3.05. The normalized spacial score (nSPS) is 20.1. The van der Waals surface area contributed by atoms with E-state index in [0.717, 1.165) is 17.0 Å². The first-order valence-corrected chi connectivity index (χ1v) is 10.0. The second-order valence-electron chi connectivity index (χ2n) is 7.68. The number of carbonyl (C=O) groups excluding carboxylic acids is 2. The molecule has 7 heteroatoms. The molecule has 1 aromatic carbocycles. The second kappa shape index (κ2) is 7.51. The van der Waals surface area contributed by atoms with Gasteiger partial charge in [-0.15, -0.1) is 0 Å². The van der Waals surface area contributed by atoms with Gasteiger partial charge in [-0.2, -0.15) is 0 Å². The monoisotopic (exact) mass is 398 g/mol. The van der Waals surface area contributed by atoms with Gasteiger partial charge in [0.2, 0.25) is 11.9 Å². The number of nitrogens with two attached hydrogens (primary N) is 1. The topological polar surface area (TPSA) is 89.2 Å². The molecule has 0 bridgehead atoms.